The summed E-state index contributed by atoms with van der Waals surface area (Å²) in [6, 6.07) is 19.2. The van der Waals surface area contributed by atoms with Crippen LogP contribution in [-0.2, 0) is 14.4 Å². The molecule has 180 valence electrons. The number of benzene rings is 3. The van der Waals surface area contributed by atoms with Crippen LogP contribution in [0.4, 0.5) is 11.4 Å². The number of anilines is 2. The fourth-order valence-electron chi connectivity index (χ4n) is 2.96. The maximum Gasteiger partial charge on any atom is 0.329 e. The molecule has 0 saturated carbocycles. The molecule has 0 heterocycles. The first-order valence-corrected chi connectivity index (χ1v) is 10.7. The fourth-order valence-corrected chi connectivity index (χ4v) is 2.96. The quantitative estimate of drug-likeness (QED) is 0.263. The lowest BCUT2D eigenvalue weighted by atomic mass is 10.1. The number of methoxy groups -OCH3 is 1. The van der Waals surface area contributed by atoms with E-state index in [1.807, 2.05) is 26.0 Å². The molecular formula is C26H26N4O5. The Morgan fingerprint density at radius 2 is 1.63 bits per heavy atom. The van der Waals surface area contributed by atoms with Crippen LogP contribution in [0, 0.1) is 13.8 Å². The van der Waals surface area contributed by atoms with Crippen LogP contribution in [0.25, 0.3) is 0 Å². The summed E-state index contributed by atoms with van der Waals surface area (Å²) < 4.78 is 10.7. The highest BCUT2D eigenvalue weighted by Gasteiger charge is 2.13. The maximum absolute atomic E-state index is 12.1. The summed E-state index contributed by atoms with van der Waals surface area (Å²) in [6.45, 7) is 3.70. The van der Waals surface area contributed by atoms with Gasteiger partial charge in [-0.05, 0) is 79.1 Å². The van der Waals surface area contributed by atoms with E-state index in [0.29, 0.717) is 28.4 Å². The van der Waals surface area contributed by atoms with Crippen molar-refractivity contribution in [3.63, 3.8) is 0 Å². The van der Waals surface area contributed by atoms with Crippen LogP contribution in [0.2, 0.25) is 0 Å². The van der Waals surface area contributed by atoms with Gasteiger partial charge in [-0.25, -0.2) is 5.43 Å². The first-order chi connectivity index (χ1) is 16.9. The molecule has 0 fully saturated rings. The van der Waals surface area contributed by atoms with E-state index in [-0.39, 0.29) is 12.5 Å². The van der Waals surface area contributed by atoms with Gasteiger partial charge in [0.15, 0.2) is 6.61 Å². The zero-order chi connectivity index (χ0) is 25.2. The van der Waals surface area contributed by atoms with E-state index in [9.17, 15) is 14.4 Å². The highest BCUT2D eigenvalue weighted by molar-refractivity contribution is 6.39. The molecule has 0 bridgehead atoms. The van der Waals surface area contributed by atoms with Gasteiger partial charge in [-0.15, -0.1) is 0 Å². The number of nitrogens with one attached hydrogen (secondary N) is 3. The zero-order valence-electron chi connectivity index (χ0n) is 19.6. The van der Waals surface area contributed by atoms with Crippen molar-refractivity contribution in [1.82, 2.24) is 5.43 Å². The molecule has 3 aromatic carbocycles. The molecule has 3 rings (SSSR count). The summed E-state index contributed by atoms with van der Waals surface area (Å²) >= 11 is 0. The van der Waals surface area contributed by atoms with Crippen LogP contribution in [-0.4, -0.2) is 37.7 Å². The third-order valence-corrected chi connectivity index (χ3v) is 4.98. The van der Waals surface area contributed by atoms with Gasteiger partial charge >= 0.3 is 11.8 Å². The van der Waals surface area contributed by atoms with E-state index in [0.717, 1.165) is 11.1 Å². The number of carbonyl (C=O) groups excluding carboxylic acids is 3. The Morgan fingerprint density at radius 3 is 2.34 bits per heavy atom. The summed E-state index contributed by atoms with van der Waals surface area (Å²) in [7, 11) is 1.53. The van der Waals surface area contributed by atoms with Crippen LogP contribution in [0.15, 0.2) is 71.8 Å². The van der Waals surface area contributed by atoms with Crippen molar-refractivity contribution < 1.29 is 23.9 Å². The van der Waals surface area contributed by atoms with Gasteiger partial charge in [0.1, 0.15) is 11.5 Å². The number of hydrogen-bond donors (Lipinski definition) is 3. The number of para-hydroxylation sites is 2. The van der Waals surface area contributed by atoms with Gasteiger partial charge in [-0.3, -0.25) is 14.4 Å². The Morgan fingerprint density at radius 1 is 0.886 bits per heavy atom. The van der Waals surface area contributed by atoms with Gasteiger partial charge in [0.05, 0.1) is 19.0 Å². The summed E-state index contributed by atoms with van der Waals surface area (Å²) in [5, 5.41) is 9.06. The third-order valence-electron chi connectivity index (χ3n) is 4.98. The average molecular weight is 475 g/mol. The summed E-state index contributed by atoms with van der Waals surface area (Å²) in [5.41, 5.74) is 6.03. The van der Waals surface area contributed by atoms with Gasteiger partial charge in [0.25, 0.3) is 5.91 Å². The second-order valence-corrected chi connectivity index (χ2v) is 7.56. The van der Waals surface area contributed by atoms with Gasteiger partial charge in [-0.1, -0.05) is 18.2 Å². The first kappa shape index (κ1) is 25.0. The van der Waals surface area contributed by atoms with E-state index in [1.54, 1.807) is 54.6 Å². The van der Waals surface area contributed by atoms with E-state index >= 15 is 0 Å². The standard InChI is InChI=1S/C26H26N4O5/c1-17-8-11-20(14-18(17)2)28-25(32)26(33)30-27-15-19-9-12-21(13-10-19)35-16-24(31)29-22-6-4-5-7-23(22)34-3/h4-15H,16H2,1-3H3,(H,28,32)(H,29,31)(H,30,33)/b27-15-. The number of carbonyl (C=O) groups is 3. The molecule has 0 unspecified atom stereocenters. The normalized spacial score (nSPS) is 10.5. The Labute approximate surface area is 203 Å². The number of hydrazone groups is 1. The number of amides is 3. The molecule has 0 aliphatic rings. The van der Waals surface area contributed by atoms with Gasteiger partial charge in [0, 0.05) is 5.69 Å². The minimum absolute atomic E-state index is 0.183. The number of ether oxygens (including phenoxy) is 2. The lowest BCUT2D eigenvalue weighted by Gasteiger charge is -2.10. The van der Waals surface area contributed by atoms with E-state index in [2.05, 4.69) is 21.2 Å². The van der Waals surface area contributed by atoms with Gasteiger partial charge in [-0.2, -0.15) is 5.10 Å². The Hall–Kier alpha value is -4.66. The predicted octanol–water partition coefficient (Wildman–Crippen LogP) is 3.42. The minimum Gasteiger partial charge on any atom is -0.495 e. The molecule has 0 radical (unpaired) electrons. The van der Waals surface area contributed by atoms with Crippen molar-refractivity contribution in [2.24, 2.45) is 5.10 Å². The SMILES string of the molecule is COc1ccccc1NC(=O)COc1ccc(/C=N\NC(=O)C(=O)Nc2ccc(C)c(C)c2)cc1. The Kier molecular flexibility index (Phi) is 8.55. The smallest absolute Gasteiger partial charge is 0.329 e. The molecule has 3 N–H and O–H groups in total. The zero-order valence-corrected chi connectivity index (χ0v) is 19.6. The van der Waals surface area contributed by atoms with Crippen LogP contribution in [0.5, 0.6) is 11.5 Å². The van der Waals surface area contributed by atoms with Crippen molar-refractivity contribution in [1.29, 1.82) is 0 Å². The molecule has 0 aliphatic carbocycles. The number of hydrogen-bond acceptors (Lipinski definition) is 6. The molecule has 3 amide bonds. The van der Waals surface area contributed by atoms with Crippen molar-refractivity contribution in [3.05, 3.63) is 83.4 Å². The Balaban J connectivity index is 1.44. The number of aryl methyl sites for hydroxylation is 2. The molecule has 9 heteroatoms. The fraction of sp³-hybridized carbons (Fsp3) is 0.154. The summed E-state index contributed by atoms with van der Waals surface area (Å²) in [5.74, 6) is -1.00. The summed E-state index contributed by atoms with van der Waals surface area (Å²) in [4.78, 5) is 36.1. The molecule has 0 saturated heterocycles. The number of nitrogens with zero attached hydrogens (tertiary/aromatic N) is 1. The molecule has 0 aliphatic heterocycles. The monoisotopic (exact) mass is 474 g/mol. The molecule has 0 atom stereocenters. The summed E-state index contributed by atoms with van der Waals surface area (Å²) in [6.07, 6.45) is 1.39. The maximum atomic E-state index is 12.1. The molecule has 35 heavy (non-hydrogen) atoms. The van der Waals surface area contributed by atoms with Crippen molar-refractivity contribution in [2.75, 3.05) is 24.4 Å². The first-order valence-electron chi connectivity index (χ1n) is 10.7. The highest BCUT2D eigenvalue weighted by Crippen LogP contribution is 2.23. The molecular weight excluding hydrogens is 448 g/mol. The largest absolute Gasteiger partial charge is 0.495 e. The Bertz CT molecular complexity index is 1240. The minimum atomic E-state index is -0.888. The van der Waals surface area contributed by atoms with Crippen LogP contribution >= 0.6 is 0 Å². The highest BCUT2D eigenvalue weighted by atomic mass is 16.5. The van der Waals surface area contributed by atoms with Crippen LogP contribution in [0.3, 0.4) is 0 Å². The molecule has 0 aromatic heterocycles. The van der Waals surface area contributed by atoms with E-state index in [4.69, 9.17) is 9.47 Å². The third kappa shape index (κ3) is 7.43. The van der Waals surface area contributed by atoms with Crippen molar-refractivity contribution in [2.45, 2.75) is 13.8 Å². The number of rotatable bonds is 8. The van der Waals surface area contributed by atoms with Crippen molar-refractivity contribution >= 4 is 35.3 Å². The second-order valence-electron chi connectivity index (χ2n) is 7.56. The molecule has 9 nitrogen and oxygen atoms in total. The topological polar surface area (TPSA) is 118 Å². The second kappa shape index (κ2) is 12.0. The van der Waals surface area contributed by atoms with E-state index < -0.39 is 11.8 Å². The van der Waals surface area contributed by atoms with Crippen molar-refractivity contribution in [3.8, 4) is 11.5 Å². The van der Waals surface area contributed by atoms with Gasteiger partial charge in [0.2, 0.25) is 0 Å². The van der Waals surface area contributed by atoms with Crippen LogP contribution in [0.1, 0.15) is 16.7 Å². The molecule has 3 aromatic rings. The average Bonchev–Trinajstić information content (AvgIpc) is 2.86. The lowest BCUT2D eigenvalue weighted by Crippen LogP contribution is -2.32. The molecule has 0 spiro atoms. The lowest BCUT2D eigenvalue weighted by molar-refractivity contribution is -0.136. The van der Waals surface area contributed by atoms with Crippen LogP contribution < -0.4 is 25.5 Å². The van der Waals surface area contributed by atoms with Gasteiger partial charge < -0.3 is 20.1 Å². The predicted molar refractivity (Wildman–Crippen MR) is 134 cm³/mol. The van der Waals surface area contributed by atoms with E-state index in [1.165, 1.54) is 13.3 Å².